The number of rotatable bonds is 2. The molecular formula is C14H11BrN4. The molecule has 3 heterocycles. The normalized spacial score (nSPS) is 10.6. The highest BCUT2D eigenvalue weighted by atomic mass is 79.9. The summed E-state index contributed by atoms with van der Waals surface area (Å²) in [4.78, 5) is 13.3. The maximum absolute atomic E-state index is 4.61. The Morgan fingerprint density at radius 1 is 1.00 bits per heavy atom. The second-order valence-corrected chi connectivity index (χ2v) is 5.05. The summed E-state index contributed by atoms with van der Waals surface area (Å²) in [6, 6.07) is 9.63. The summed E-state index contributed by atoms with van der Waals surface area (Å²) in [7, 11) is 1.96. The van der Waals surface area contributed by atoms with Crippen LogP contribution in [0.5, 0.6) is 0 Å². The van der Waals surface area contributed by atoms with Crippen LogP contribution in [0.2, 0.25) is 0 Å². The predicted octanol–water partition coefficient (Wildman–Crippen LogP) is 3.31. The number of hydrogen-bond acceptors (Lipinski definition) is 3. The topological polar surface area (TPSA) is 43.6 Å². The predicted molar refractivity (Wildman–Crippen MR) is 77.4 cm³/mol. The molecule has 0 atom stereocenters. The summed E-state index contributed by atoms with van der Waals surface area (Å²) in [6.45, 7) is 0. The Morgan fingerprint density at radius 3 is 2.58 bits per heavy atom. The lowest BCUT2D eigenvalue weighted by atomic mass is 10.3. The van der Waals surface area contributed by atoms with Crippen LogP contribution in [-0.2, 0) is 7.05 Å². The van der Waals surface area contributed by atoms with Crippen molar-refractivity contribution in [1.82, 2.24) is 19.5 Å². The molecule has 0 unspecified atom stereocenters. The number of aromatic nitrogens is 4. The molecule has 3 aromatic heterocycles. The molecular weight excluding hydrogens is 304 g/mol. The second-order valence-electron chi connectivity index (χ2n) is 4.13. The molecule has 5 heteroatoms. The molecule has 0 N–H and O–H groups in total. The van der Waals surface area contributed by atoms with E-state index in [0.29, 0.717) is 0 Å². The monoisotopic (exact) mass is 314 g/mol. The summed E-state index contributed by atoms with van der Waals surface area (Å²) >= 11 is 3.45. The summed E-state index contributed by atoms with van der Waals surface area (Å²) < 4.78 is 2.94. The van der Waals surface area contributed by atoms with Crippen LogP contribution in [0.15, 0.2) is 53.4 Å². The molecule has 3 aromatic rings. The molecule has 94 valence electrons. The molecule has 0 spiro atoms. The van der Waals surface area contributed by atoms with E-state index < -0.39 is 0 Å². The van der Waals surface area contributed by atoms with Gasteiger partial charge in [0.2, 0.25) is 0 Å². The fourth-order valence-corrected chi connectivity index (χ4v) is 2.20. The molecule has 3 rings (SSSR count). The molecule has 0 amide bonds. The zero-order valence-electron chi connectivity index (χ0n) is 10.3. The van der Waals surface area contributed by atoms with Gasteiger partial charge in [-0.05, 0) is 24.3 Å². The van der Waals surface area contributed by atoms with Crippen molar-refractivity contribution < 1.29 is 0 Å². The van der Waals surface area contributed by atoms with E-state index in [1.807, 2.05) is 48.1 Å². The third-order valence-corrected chi connectivity index (χ3v) is 3.25. The van der Waals surface area contributed by atoms with E-state index in [0.717, 1.165) is 27.4 Å². The van der Waals surface area contributed by atoms with Crippen LogP contribution in [0.4, 0.5) is 0 Å². The van der Waals surface area contributed by atoms with Crippen LogP contribution in [0.25, 0.3) is 22.9 Å². The van der Waals surface area contributed by atoms with Gasteiger partial charge in [0.15, 0.2) is 5.82 Å². The molecule has 0 aliphatic heterocycles. The Balaban J connectivity index is 2.08. The fraction of sp³-hybridized carbons (Fsp3) is 0.0714. The maximum atomic E-state index is 4.61. The first-order valence-electron chi connectivity index (χ1n) is 5.81. The van der Waals surface area contributed by atoms with Crippen LogP contribution in [0.3, 0.4) is 0 Å². The lowest BCUT2D eigenvalue weighted by molar-refractivity contribution is 0.917. The number of imidazole rings is 1. The molecule has 0 aromatic carbocycles. The zero-order valence-corrected chi connectivity index (χ0v) is 11.9. The van der Waals surface area contributed by atoms with Crippen molar-refractivity contribution in [3.05, 3.63) is 53.4 Å². The Kier molecular flexibility index (Phi) is 3.13. The first-order chi connectivity index (χ1) is 9.24. The summed E-state index contributed by atoms with van der Waals surface area (Å²) in [5, 5.41) is 0. The van der Waals surface area contributed by atoms with E-state index in [4.69, 9.17) is 0 Å². The molecule has 0 radical (unpaired) electrons. The van der Waals surface area contributed by atoms with Gasteiger partial charge in [0.05, 0.1) is 5.69 Å². The number of aryl methyl sites for hydroxylation is 1. The van der Waals surface area contributed by atoms with Gasteiger partial charge in [0.25, 0.3) is 0 Å². The molecule has 0 aliphatic carbocycles. The molecule has 0 fully saturated rings. The highest BCUT2D eigenvalue weighted by Crippen LogP contribution is 2.23. The molecule has 4 nitrogen and oxygen atoms in total. The zero-order chi connectivity index (χ0) is 13.2. The molecule has 0 saturated carbocycles. The van der Waals surface area contributed by atoms with Gasteiger partial charge in [-0.25, -0.2) is 4.98 Å². The average molecular weight is 315 g/mol. The van der Waals surface area contributed by atoms with Crippen LogP contribution in [0, 0.1) is 0 Å². The SMILES string of the molecule is Cn1cc(-c2ccccn2)nc1-c1cc(Br)ccn1. The van der Waals surface area contributed by atoms with E-state index in [1.54, 1.807) is 12.4 Å². The smallest absolute Gasteiger partial charge is 0.159 e. The fourth-order valence-electron chi connectivity index (χ4n) is 1.87. The van der Waals surface area contributed by atoms with Crippen molar-refractivity contribution in [3.8, 4) is 22.9 Å². The minimum Gasteiger partial charge on any atom is -0.332 e. The van der Waals surface area contributed by atoms with Crippen molar-refractivity contribution in [1.29, 1.82) is 0 Å². The lowest BCUT2D eigenvalue weighted by Gasteiger charge is -2.00. The van der Waals surface area contributed by atoms with Crippen molar-refractivity contribution in [2.24, 2.45) is 7.05 Å². The summed E-state index contributed by atoms with van der Waals surface area (Å²) in [5.74, 6) is 0.821. The first-order valence-corrected chi connectivity index (χ1v) is 6.60. The quantitative estimate of drug-likeness (QED) is 0.729. The lowest BCUT2D eigenvalue weighted by Crippen LogP contribution is -1.93. The van der Waals surface area contributed by atoms with Gasteiger partial charge in [-0.1, -0.05) is 22.0 Å². The second kappa shape index (κ2) is 4.93. The van der Waals surface area contributed by atoms with Crippen LogP contribution >= 0.6 is 15.9 Å². The highest BCUT2D eigenvalue weighted by molar-refractivity contribution is 9.10. The number of hydrogen-bond donors (Lipinski definition) is 0. The van der Waals surface area contributed by atoms with E-state index in [1.165, 1.54) is 0 Å². The summed E-state index contributed by atoms with van der Waals surface area (Å²) in [6.07, 6.45) is 5.48. The van der Waals surface area contributed by atoms with Crippen LogP contribution in [0.1, 0.15) is 0 Å². The molecule has 0 saturated heterocycles. The van der Waals surface area contributed by atoms with E-state index >= 15 is 0 Å². The first kappa shape index (κ1) is 12.0. The van der Waals surface area contributed by atoms with Crippen molar-refractivity contribution in [3.63, 3.8) is 0 Å². The van der Waals surface area contributed by atoms with E-state index in [2.05, 4.69) is 30.9 Å². The number of nitrogens with zero attached hydrogens (tertiary/aromatic N) is 4. The van der Waals surface area contributed by atoms with Gasteiger partial charge >= 0.3 is 0 Å². The number of halogens is 1. The Hall–Kier alpha value is -2.01. The molecule has 19 heavy (non-hydrogen) atoms. The summed E-state index contributed by atoms with van der Waals surface area (Å²) in [5.41, 5.74) is 2.54. The van der Waals surface area contributed by atoms with E-state index in [9.17, 15) is 0 Å². The van der Waals surface area contributed by atoms with Gasteiger partial charge in [-0.2, -0.15) is 0 Å². The van der Waals surface area contributed by atoms with Gasteiger partial charge in [0.1, 0.15) is 11.4 Å². The standard InChI is InChI=1S/C14H11BrN4/c1-19-9-13(11-4-2-3-6-16-11)18-14(19)12-8-10(15)5-7-17-12/h2-9H,1H3. The molecule has 0 aliphatic rings. The Bertz CT molecular complexity index is 706. The minimum atomic E-state index is 0.821. The van der Waals surface area contributed by atoms with Crippen molar-refractivity contribution >= 4 is 15.9 Å². The average Bonchev–Trinajstić information content (AvgIpc) is 2.82. The maximum Gasteiger partial charge on any atom is 0.159 e. The third-order valence-electron chi connectivity index (χ3n) is 2.75. The van der Waals surface area contributed by atoms with Gasteiger partial charge in [0, 0.05) is 30.1 Å². The van der Waals surface area contributed by atoms with Gasteiger partial charge < -0.3 is 4.57 Å². The molecule has 0 bridgehead atoms. The minimum absolute atomic E-state index is 0.821. The van der Waals surface area contributed by atoms with Crippen LogP contribution < -0.4 is 0 Å². The number of pyridine rings is 2. The van der Waals surface area contributed by atoms with E-state index in [-0.39, 0.29) is 0 Å². The third kappa shape index (κ3) is 2.42. The van der Waals surface area contributed by atoms with Crippen molar-refractivity contribution in [2.75, 3.05) is 0 Å². The van der Waals surface area contributed by atoms with Gasteiger partial charge in [-0.3, -0.25) is 9.97 Å². The van der Waals surface area contributed by atoms with Gasteiger partial charge in [-0.15, -0.1) is 0 Å². The Morgan fingerprint density at radius 2 is 1.84 bits per heavy atom. The largest absolute Gasteiger partial charge is 0.332 e. The van der Waals surface area contributed by atoms with Crippen molar-refractivity contribution in [2.45, 2.75) is 0 Å². The Labute approximate surface area is 119 Å². The highest BCUT2D eigenvalue weighted by Gasteiger charge is 2.11. The van der Waals surface area contributed by atoms with Crippen LogP contribution in [-0.4, -0.2) is 19.5 Å².